The molecule has 2 aromatic rings. The van der Waals surface area contributed by atoms with Crippen molar-refractivity contribution >= 4 is 40.6 Å². The van der Waals surface area contributed by atoms with Gasteiger partial charge in [-0.1, -0.05) is 29.3 Å². The third kappa shape index (κ3) is 7.33. The number of amides is 1. The van der Waals surface area contributed by atoms with Crippen LogP contribution in [0.15, 0.2) is 36.4 Å². The molecule has 2 aromatic carbocycles. The molecule has 2 N–H and O–H groups in total. The highest BCUT2D eigenvalue weighted by molar-refractivity contribution is 6.42. The Morgan fingerprint density at radius 2 is 1.88 bits per heavy atom. The van der Waals surface area contributed by atoms with E-state index in [0.717, 1.165) is 25.9 Å². The monoisotopic (exact) mass is 494 g/mol. The van der Waals surface area contributed by atoms with Gasteiger partial charge in [-0.15, -0.1) is 0 Å². The summed E-state index contributed by atoms with van der Waals surface area (Å²) in [6, 6.07) is 10.2. The highest BCUT2D eigenvalue weighted by Gasteiger charge is 2.23. The summed E-state index contributed by atoms with van der Waals surface area (Å²) in [7, 11) is 0. The van der Waals surface area contributed by atoms with E-state index < -0.39 is 6.10 Å². The second kappa shape index (κ2) is 11.7. The number of likely N-dealkylation sites (tertiary alicyclic amines) is 1. The smallest absolute Gasteiger partial charge is 0.221 e. The number of benzene rings is 2. The first-order chi connectivity index (χ1) is 15.7. The predicted molar refractivity (Wildman–Crippen MR) is 129 cm³/mol. The van der Waals surface area contributed by atoms with Crippen LogP contribution in [0.4, 0.5) is 5.69 Å². The topological polar surface area (TPSA) is 88.1 Å². The standard InChI is InChI=1S/C24H28Cl2N2O5/c1-15(29)20-4-3-5-23(27-16(2)30)24(20)32-14-17(31)13-28-10-8-18(9-11-28)33-19-6-7-21(25)22(26)12-19/h3-7,12,17-18,31H,8-11,13-14H2,1-2H3,(H,27,30). The lowest BCUT2D eigenvalue weighted by Gasteiger charge is -2.33. The zero-order valence-electron chi connectivity index (χ0n) is 18.6. The number of anilines is 1. The van der Waals surface area contributed by atoms with Crippen LogP contribution in [-0.4, -0.2) is 60.1 Å². The Labute approximate surface area is 203 Å². The molecule has 33 heavy (non-hydrogen) atoms. The molecule has 1 saturated heterocycles. The van der Waals surface area contributed by atoms with Crippen molar-refractivity contribution in [3.05, 3.63) is 52.0 Å². The maximum Gasteiger partial charge on any atom is 0.221 e. The normalized spacial score (nSPS) is 15.7. The number of ketones is 1. The van der Waals surface area contributed by atoms with E-state index in [-0.39, 0.29) is 30.2 Å². The molecule has 7 nitrogen and oxygen atoms in total. The number of hydrogen-bond acceptors (Lipinski definition) is 6. The first-order valence-corrected chi connectivity index (χ1v) is 11.5. The molecule has 0 aromatic heterocycles. The second-order valence-electron chi connectivity index (χ2n) is 8.08. The van der Waals surface area contributed by atoms with Crippen LogP contribution in [0.25, 0.3) is 0 Å². The molecule has 0 bridgehead atoms. The highest BCUT2D eigenvalue weighted by atomic mass is 35.5. The fourth-order valence-corrected chi connectivity index (χ4v) is 4.03. The number of para-hydroxylation sites is 1. The average molecular weight is 495 g/mol. The number of carbonyl (C=O) groups is 2. The van der Waals surface area contributed by atoms with Crippen LogP contribution in [0, 0.1) is 0 Å². The van der Waals surface area contributed by atoms with Crippen molar-refractivity contribution < 1.29 is 24.2 Å². The van der Waals surface area contributed by atoms with E-state index in [4.69, 9.17) is 32.7 Å². The van der Waals surface area contributed by atoms with Crippen molar-refractivity contribution in [3.8, 4) is 11.5 Å². The van der Waals surface area contributed by atoms with Crippen molar-refractivity contribution in [3.63, 3.8) is 0 Å². The number of nitrogens with one attached hydrogen (secondary N) is 1. The molecule has 1 amide bonds. The second-order valence-corrected chi connectivity index (χ2v) is 8.89. The van der Waals surface area contributed by atoms with E-state index in [9.17, 15) is 14.7 Å². The van der Waals surface area contributed by atoms with Crippen molar-refractivity contribution in [2.24, 2.45) is 0 Å². The largest absolute Gasteiger partial charge is 0.490 e. The maximum atomic E-state index is 12.0. The fraction of sp³-hybridized carbons (Fsp3) is 0.417. The number of ether oxygens (including phenoxy) is 2. The molecule has 0 spiro atoms. The fourth-order valence-electron chi connectivity index (χ4n) is 3.74. The SMILES string of the molecule is CC(=O)Nc1cccc(C(C)=O)c1OCC(O)CN1CCC(Oc2ccc(Cl)c(Cl)c2)CC1. The minimum Gasteiger partial charge on any atom is -0.490 e. The molecule has 1 aliphatic rings. The first-order valence-electron chi connectivity index (χ1n) is 10.8. The number of aliphatic hydroxyl groups excluding tert-OH is 1. The zero-order valence-corrected chi connectivity index (χ0v) is 20.2. The molecule has 1 heterocycles. The van der Waals surface area contributed by atoms with Gasteiger partial charge in [0.1, 0.15) is 24.6 Å². The van der Waals surface area contributed by atoms with Gasteiger partial charge in [0.15, 0.2) is 11.5 Å². The maximum absolute atomic E-state index is 12.0. The van der Waals surface area contributed by atoms with E-state index in [1.165, 1.54) is 13.8 Å². The quantitative estimate of drug-likeness (QED) is 0.501. The Balaban J connectivity index is 1.50. The van der Waals surface area contributed by atoms with E-state index in [1.807, 2.05) is 0 Å². The van der Waals surface area contributed by atoms with Crippen molar-refractivity contribution in [2.75, 3.05) is 31.6 Å². The van der Waals surface area contributed by atoms with Gasteiger partial charge in [0, 0.05) is 32.6 Å². The minimum absolute atomic E-state index is 0.00339. The Morgan fingerprint density at radius 3 is 2.52 bits per heavy atom. The van der Waals surface area contributed by atoms with Gasteiger partial charge < -0.3 is 24.8 Å². The summed E-state index contributed by atoms with van der Waals surface area (Å²) < 4.78 is 11.8. The van der Waals surface area contributed by atoms with E-state index in [0.29, 0.717) is 33.6 Å². The third-order valence-electron chi connectivity index (χ3n) is 5.32. The molecule has 1 atom stereocenters. The highest BCUT2D eigenvalue weighted by Crippen LogP contribution is 2.30. The van der Waals surface area contributed by atoms with Crippen LogP contribution in [0.1, 0.15) is 37.0 Å². The van der Waals surface area contributed by atoms with Crippen LogP contribution in [0.2, 0.25) is 10.0 Å². The Kier molecular flexibility index (Phi) is 8.97. The summed E-state index contributed by atoms with van der Waals surface area (Å²) in [4.78, 5) is 25.6. The molecule has 178 valence electrons. The van der Waals surface area contributed by atoms with Crippen molar-refractivity contribution in [1.82, 2.24) is 4.90 Å². The number of aliphatic hydroxyl groups is 1. The number of piperidine rings is 1. The third-order valence-corrected chi connectivity index (χ3v) is 6.06. The number of halogens is 2. The molecule has 1 unspecified atom stereocenters. The number of Topliss-reactive ketones (excluding diaryl/α,β-unsaturated/α-hetero) is 1. The van der Waals surface area contributed by atoms with Crippen LogP contribution in [-0.2, 0) is 4.79 Å². The van der Waals surface area contributed by atoms with Crippen LogP contribution < -0.4 is 14.8 Å². The zero-order chi connectivity index (χ0) is 24.0. The van der Waals surface area contributed by atoms with Gasteiger partial charge in [0.05, 0.1) is 21.3 Å². The van der Waals surface area contributed by atoms with E-state index in [2.05, 4.69) is 10.2 Å². The predicted octanol–water partition coefficient (Wildman–Crippen LogP) is 4.44. The minimum atomic E-state index is -0.761. The number of carbonyl (C=O) groups excluding carboxylic acids is 2. The number of nitrogens with zero attached hydrogens (tertiary/aromatic N) is 1. The van der Waals surface area contributed by atoms with Gasteiger partial charge >= 0.3 is 0 Å². The van der Waals surface area contributed by atoms with Crippen molar-refractivity contribution in [2.45, 2.75) is 38.9 Å². The summed E-state index contributed by atoms with van der Waals surface area (Å²) in [6.45, 7) is 4.77. The van der Waals surface area contributed by atoms with Crippen molar-refractivity contribution in [1.29, 1.82) is 0 Å². The van der Waals surface area contributed by atoms with Gasteiger partial charge in [-0.25, -0.2) is 0 Å². The summed E-state index contributed by atoms with van der Waals surface area (Å²) in [5, 5.41) is 14.1. The summed E-state index contributed by atoms with van der Waals surface area (Å²) in [5.41, 5.74) is 0.761. The van der Waals surface area contributed by atoms with Gasteiger partial charge in [-0.3, -0.25) is 9.59 Å². The number of rotatable bonds is 9. The molecule has 3 rings (SSSR count). The van der Waals surface area contributed by atoms with E-state index in [1.54, 1.807) is 36.4 Å². The molecule has 0 aliphatic carbocycles. The lowest BCUT2D eigenvalue weighted by molar-refractivity contribution is -0.114. The Bertz CT molecular complexity index is 993. The Hall–Kier alpha value is -2.32. The van der Waals surface area contributed by atoms with Crippen LogP contribution >= 0.6 is 23.2 Å². The lowest BCUT2D eigenvalue weighted by Crippen LogP contribution is -2.43. The molecule has 9 heteroatoms. The Morgan fingerprint density at radius 1 is 1.15 bits per heavy atom. The van der Waals surface area contributed by atoms with Crippen LogP contribution in [0.3, 0.4) is 0 Å². The molecular formula is C24H28Cl2N2O5. The van der Waals surface area contributed by atoms with Gasteiger partial charge in [0.2, 0.25) is 5.91 Å². The molecule has 0 radical (unpaired) electrons. The lowest BCUT2D eigenvalue weighted by atomic mass is 10.1. The summed E-state index contributed by atoms with van der Waals surface area (Å²) in [6.07, 6.45) is 0.929. The van der Waals surface area contributed by atoms with Gasteiger partial charge in [-0.05, 0) is 44.0 Å². The molecular weight excluding hydrogens is 467 g/mol. The summed E-state index contributed by atoms with van der Waals surface area (Å²) >= 11 is 12.0. The average Bonchev–Trinajstić information content (AvgIpc) is 2.76. The number of β-amino-alcohol motifs (C(OH)–C–C–N with tert-alkyl or cyclic N) is 1. The van der Waals surface area contributed by atoms with Crippen LogP contribution in [0.5, 0.6) is 11.5 Å². The molecule has 1 aliphatic heterocycles. The summed E-state index contributed by atoms with van der Waals surface area (Å²) in [5.74, 6) is 0.506. The molecule has 0 saturated carbocycles. The number of hydrogen-bond donors (Lipinski definition) is 2. The van der Waals surface area contributed by atoms with Gasteiger partial charge in [0.25, 0.3) is 0 Å². The van der Waals surface area contributed by atoms with Gasteiger partial charge in [-0.2, -0.15) is 0 Å². The van der Waals surface area contributed by atoms with E-state index >= 15 is 0 Å². The first kappa shape index (κ1) is 25.3. The molecule has 1 fully saturated rings.